The standard InChI is InChI=1S/C17H14N2O3.C16H18N2O6.C15H16N2O3/c20-12-8-9-15(16(21)10-12)19-17(22)18-14-7-3-5-11-4-1-2-6-13(11)14;1-22-13-6-9(7-14(23-2)15(13)24-3)17-16(21)18-11-5-4-10(19)8-12(11)20;1-9-4-3-5-10(2)14(9)17-15(20)16-12-7-6-11(18)8-13(12)19/h1-10,20-21H,(H2,18,19,22);4-8,19-20H,1-3H3,(H2,17,18,21);3-8,18-19H,1-2H3,(H2,16,17,20). The molecule has 7 rings (SSSR count). The number of carbonyl (C=O) groups excluding carboxylic acids is 3. The summed E-state index contributed by atoms with van der Waals surface area (Å²) < 4.78 is 15.6. The molecule has 0 heterocycles. The molecular weight excluding hydrogens is 853 g/mol. The molecule has 0 saturated heterocycles. The highest BCUT2D eigenvalue weighted by molar-refractivity contribution is 6.07. The number of rotatable bonds is 9. The molecule has 0 aliphatic carbocycles. The van der Waals surface area contributed by atoms with Gasteiger partial charge in [-0.2, -0.15) is 0 Å². The first-order valence-corrected chi connectivity index (χ1v) is 19.7. The summed E-state index contributed by atoms with van der Waals surface area (Å²) in [6.07, 6.45) is 0. The quantitative estimate of drug-likeness (QED) is 0.0477. The Hall–Kier alpha value is -9.19. The lowest BCUT2D eigenvalue weighted by molar-refractivity contribution is 0.261. The van der Waals surface area contributed by atoms with Crippen LogP contribution in [0.15, 0.2) is 127 Å². The van der Waals surface area contributed by atoms with Gasteiger partial charge in [0.05, 0.1) is 49.8 Å². The van der Waals surface area contributed by atoms with E-state index in [1.807, 2.05) is 68.4 Å². The van der Waals surface area contributed by atoms with Gasteiger partial charge in [-0.25, -0.2) is 14.4 Å². The van der Waals surface area contributed by atoms with Crippen LogP contribution in [0.5, 0.6) is 51.7 Å². The van der Waals surface area contributed by atoms with Gasteiger partial charge in [-0.15, -0.1) is 0 Å². The van der Waals surface area contributed by atoms with Crippen LogP contribution in [-0.4, -0.2) is 70.1 Å². The molecule has 0 aromatic heterocycles. The average molecular weight is 901 g/mol. The van der Waals surface area contributed by atoms with Crippen LogP contribution < -0.4 is 46.1 Å². The summed E-state index contributed by atoms with van der Waals surface area (Å²) in [5.41, 5.74) is 4.32. The molecule has 0 bridgehead atoms. The second kappa shape index (κ2) is 22.2. The zero-order valence-electron chi connectivity index (χ0n) is 36.3. The molecule has 342 valence electrons. The molecule has 0 atom stereocenters. The maximum absolute atomic E-state index is 12.1. The molecule has 0 aliphatic heterocycles. The van der Waals surface area contributed by atoms with E-state index in [4.69, 9.17) is 14.2 Å². The first-order chi connectivity index (χ1) is 31.6. The van der Waals surface area contributed by atoms with Crippen molar-refractivity contribution in [2.45, 2.75) is 13.8 Å². The number of nitrogens with one attached hydrogen (secondary N) is 6. The number of carbonyl (C=O) groups is 3. The number of hydrogen-bond donors (Lipinski definition) is 12. The smallest absolute Gasteiger partial charge is 0.323 e. The summed E-state index contributed by atoms with van der Waals surface area (Å²) >= 11 is 0. The van der Waals surface area contributed by atoms with E-state index in [2.05, 4.69) is 31.9 Å². The Balaban J connectivity index is 0.000000186. The Kier molecular flexibility index (Phi) is 16.1. The monoisotopic (exact) mass is 900 g/mol. The highest BCUT2D eigenvalue weighted by Gasteiger charge is 2.16. The first kappa shape index (κ1) is 47.9. The fourth-order valence-corrected chi connectivity index (χ4v) is 6.20. The van der Waals surface area contributed by atoms with Crippen LogP contribution in [0.1, 0.15) is 11.1 Å². The lowest BCUT2D eigenvalue weighted by Crippen LogP contribution is -2.20. The van der Waals surface area contributed by atoms with E-state index in [-0.39, 0.29) is 51.6 Å². The maximum atomic E-state index is 12.1. The van der Waals surface area contributed by atoms with Crippen LogP contribution in [0, 0.1) is 13.8 Å². The lowest BCUT2D eigenvalue weighted by Gasteiger charge is -2.15. The zero-order valence-corrected chi connectivity index (χ0v) is 36.3. The van der Waals surface area contributed by atoms with Gasteiger partial charge in [-0.05, 0) is 72.8 Å². The van der Waals surface area contributed by atoms with Crippen molar-refractivity contribution in [1.29, 1.82) is 0 Å². The summed E-state index contributed by atoms with van der Waals surface area (Å²) in [5.74, 6) is 0.287. The number of aromatic hydroxyl groups is 6. The van der Waals surface area contributed by atoms with Crippen LogP contribution in [-0.2, 0) is 0 Å². The minimum absolute atomic E-state index is 0.0665. The number of hydrogen-bond acceptors (Lipinski definition) is 12. The summed E-state index contributed by atoms with van der Waals surface area (Å²) in [4.78, 5) is 36.1. The van der Waals surface area contributed by atoms with Gasteiger partial charge < -0.3 is 76.8 Å². The van der Waals surface area contributed by atoms with E-state index in [1.54, 1.807) is 18.2 Å². The fraction of sp³-hybridized carbons (Fsp3) is 0.104. The molecule has 0 saturated carbocycles. The van der Waals surface area contributed by atoms with Crippen LogP contribution in [0.4, 0.5) is 48.5 Å². The molecule has 66 heavy (non-hydrogen) atoms. The number of amides is 6. The number of urea groups is 3. The largest absolute Gasteiger partial charge is 0.508 e. The molecule has 7 aromatic carbocycles. The predicted octanol–water partition coefficient (Wildman–Crippen LogP) is 10.0. The van der Waals surface area contributed by atoms with Crippen LogP contribution >= 0.6 is 0 Å². The molecule has 0 radical (unpaired) electrons. The highest BCUT2D eigenvalue weighted by atomic mass is 16.5. The molecule has 0 unspecified atom stereocenters. The fourth-order valence-electron chi connectivity index (χ4n) is 6.20. The van der Waals surface area contributed by atoms with Gasteiger partial charge in [0.25, 0.3) is 0 Å². The van der Waals surface area contributed by atoms with Crippen molar-refractivity contribution in [2.24, 2.45) is 0 Å². The average Bonchev–Trinajstić information content (AvgIpc) is 3.28. The normalized spacial score (nSPS) is 10.1. The molecule has 18 heteroatoms. The van der Waals surface area contributed by atoms with Gasteiger partial charge in [0.15, 0.2) is 11.5 Å². The molecule has 12 N–H and O–H groups in total. The van der Waals surface area contributed by atoms with E-state index in [0.29, 0.717) is 28.6 Å². The number of anilines is 6. The van der Waals surface area contributed by atoms with Gasteiger partial charge in [-0.3, -0.25) is 0 Å². The molecule has 0 spiro atoms. The third-order valence-corrected chi connectivity index (χ3v) is 9.37. The Bertz CT molecular complexity index is 2810. The van der Waals surface area contributed by atoms with Gasteiger partial charge in [0, 0.05) is 41.4 Å². The minimum Gasteiger partial charge on any atom is -0.508 e. The molecule has 7 aromatic rings. The summed E-state index contributed by atoms with van der Waals surface area (Å²) in [6, 6.07) is 32.4. The molecule has 0 fully saturated rings. The van der Waals surface area contributed by atoms with Gasteiger partial charge >= 0.3 is 18.1 Å². The van der Waals surface area contributed by atoms with Crippen molar-refractivity contribution in [2.75, 3.05) is 53.2 Å². The van der Waals surface area contributed by atoms with Crippen LogP contribution in [0.25, 0.3) is 10.8 Å². The SMILES string of the molecule is COc1cc(NC(=O)Nc2ccc(O)cc2O)cc(OC)c1OC.Cc1cccc(C)c1NC(=O)Nc1ccc(O)cc1O.O=C(Nc1ccc(O)cc1O)Nc1cccc2ccccc12. The Morgan fingerprint density at radius 2 is 0.833 bits per heavy atom. The van der Waals surface area contributed by atoms with E-state index in [9.17, 15) is 45.0 Å². The minimum atomic E-state index is -0.592. The van der Waals surface area contributed by atoms with Crippen molar-refractivity contribution in [3.63, 3.8) is 0 Å². The third-order valence-electron chi connectivity index (χ3n) is 9.37. The highest BCUT2D eigenvalue weighted by Crippen LogP contribution is 2.40. The van der Waals surface area contributed by atoms with Crippen molar-refractivity contribution in [3.05, 3.63) is 139 Å². The van der Waals surface area contributed by atoms with Gasteiger partial charge in [0.1, 0.15) is 34.5 Å². The number of para-hydroxylation sites is 1. The molecule has 18 nitrogen and oxygen atoms in total. The number of fused-ring (bicyclic) bond motifs is 1. The third kappa shape index (κ3) is 12.9. The van der Waals surface area contributed by atoms with Crippen molar-refractivity contribution in [1.82, 2.24) is 0 Å². The number of benzene rings is 7. The van der Waals surface area contributed by atoms with Crippen molar-refractivity contribution < 1.29 is 59.2 Å². The van der Waals surface area contributed by atoms with E-state index < -0.39 is 18.1 Å². The van der Waals surface area contributed by atoms with E-state index in [0.717, 1.165) is 45.8 Å². The molecule has 6 amide bonds. The summed E-state index contributed by atoms with van der Waals surface area (Å²) in [6.45, 7) is 3.81. The predicted molar refractivity (Wildman–Crippen MR) is 253 cm³/mol. The summed E-state index contributed by atoms with van der Waals surface area (Å²) in [5, 5.41) is 74.2. The van der Waals surface area contributed by atoms with Crippen LogP contribution in [0.2, 0.25) is 0 Å². The maximum Gasteiger partial charge on any atom is 0.323 e. The lowest BCUT2D eigenvalue weighted by atomic mass is 10.1. The van der Waals surface area contributed by atoms with Crippen molar-refractivity contribution in [3.8, 4) is 51.7 Å². The molecule has 0 aliphatic rings. The second-order valence-corrected chi connectivity index (χ2v) is 14.0. The van der Waals surface area contributed by atoms with Gasteiger partial charge in [-0.1, -0.05) is 54.6 Å². The van der Waals surface area contributed by atoms with E-state index in [1.165, 1.54) is 57.7 Å². The van der Waals surface area contributed by atoms with Gasteiger partial charge in [0.2, 0.25) is 5.75 Å². The topological polar surface area (TPSA) is 272 Å². The number of phenolic OH excluding ortho intramolecular Hbond substituents is 6. The Morgan fingerprint density at radius 1 is 0.424 bits per heavy atom. The zero-order chi connectivity index (χ0) is 47.9. The number of aryl methyl sites for hydroxylation is 2. The number of phenols is 6. The molecular formula is C48H48N6O12. The Labute approximate surface area is 378 Å². The van der Waals surface area contributed by atoms with E-state index >= 15 is 0 Å². The Morgan fingerprint density at radius 3 is 1.29 bits per heavy atom. The van der Waals surface area contributed by atoms with Crippen molar-refractivity contribution >= 4 is 63.0 Å². The number of methoxy groups -OCH3 is 3. The summed E-state index contributed by atoms with van der Waals surface area (Å²) in [7, 11) is 4.42. The van der Waals surface area contributed by atoms with Crippen LogP contribution in [0.3, 0.4) is 0 Å². The first-order valence-electron chi connectivity index (χ1n) is 19.7. The number of ether oxygens (including phenoxy) is 3. The second-order valence-electron chi connectivity index (χ2n) is 14.0.